The van der Waals surface area contributed by atoms with Crippen LogP contribution in [0.25, 0.3) is 5.69 Å². The Labute approximate surface area is 127 Å². The van der Waals surface area contributed by atoms with E-state index in [-0.39, 0.29) is 11.9 Å². The second kappa shape index (κ2) is 5.44. The Morgan fingerprint density at radius 1 is 1.43 bits per heavy atom. The van der Waals surface area contributed by atoms with Gasteiger partial charge in [-0.1, -0.05) is 27.1 Å². The predicted octanol–water partition coefficient (Wildman–Crippen LogP) is 1.71. The molecule has 0 radical (unpaired) electrons. The lowest BCUT2D eigenvalue weighted by atomic mass is 10.2. The van der Waals surface area contributed by atoms with E-state index in [2.05, 4.69) is 47.0 Å². The first kappa shape index (κ1) is 13.4. The molecule has 0 unspecified atom stereocenters. The zero-order valence-electron chi connectivity index (χ0n) is 10.9. The van der Waals surface area contributed by atoms with Crippen LogP contribution in [0.3, 0.4) is 0 Å². The van der Waals surface area contributed by atoms with Gasteiger partial charge in [-0.05, 0) is 30.3 Å². The number of hydrogen-bond donors (Lipinski definition) is 2. The maximum Gasteiger partial charge on any atom is 0.270 e. The van der Waals surface area contributed by atoms with E-state index in [4.69, 9.17) is 0 Å². The lowest BCUT2D eigenvalue weighted by Crippen LogP contribution is -2.14. The summed E-state index contributed by atoms with van der Waals surface area (Å²) in [5.74, 6) is -0.218. The SMILES string of the molecule is Cc1c(C(=O)Nc2nn[nH]n2)cnn1-c1cccc(Br)c1. The molecule has 3 aromatic rings. The quantitative estimate of drug-likeness (QED) is 0.750. The van der Waals surface area contributed by atoms with Gasteiger partial charge < -0.3 is 0 Å². The van der Waals surface area contributed by atoms with Gasteiger partial charge in [-0.2, -0.15) is 10.3 Å². The molecule has 106 valence electrons. The van der Waals surface area contributed by atoms with Crippen LogP contribution in [0.4, 0.5) is 5.95 Å². The highest BCUT2D eigenvalue weighted by atomic mass is 79.9. The molecule has 0 aliphatic heterocycles. The van der Waals surface area contributed by atoms with Crippen LogP contribution < -0.4 is 5.32 Å². The van der Waals surface area contributed by atoms with Gasteiger partial charge in [-0.25, -0.2) is 4.68 Å². The Hall–Kier alpha value is -2.55. The van der Waals surface area contributed by atoms with E-state index in [0.717, 1.165) is 10.2 Å². The van der Waals surface area contributed by atoms with Crippen LogP contribution in [0.2, 0.25) is 0 Å². The fraction of sp³-hybridized carbons (Fsp3) is 0.0833. The molecule has 3 rings (SSSR count). The first-order chi connectivity index (χ1) is 10.1. The highest BCUT2D eigenvalue weighted by Crippen LogP contribution is 2.18. The van der Waals surface area contributed by atoms with Gasteiger partial charge in [0.1, 0.15) is 0 Å². The fourth-order valence-corrected chi connectivity index (χ4v) is 2.27. The molecule has 0 aliphatic rings. The molecule has 0 saturated heterocycles. The summed E-state index contributed by atoms with van der Waals surface area (Å²) in [6.07, 6.45) is 1.51. The monoisotopic (exact) mass is 347 g/mol. The minimum absolute atomic E-state index is 0.120. The lowest BCUT2D eigenvalue weighted by Gasteiger charge is -2.05. The van der Waals surface area contributed by atoms with Crippen molar-refractivity contribution >= 4 is 27.8 Å². The van der Waals surface area contributed by atoms with Gasteiger partial charge in [-0.15, -0.1) is 5.10 Å². The van der Waals surface area contributed by atoms with Crippen molar-refractivity contribution in [3.63, 3.8) is 0 Å². The van der Waals surface area contributed by atoms with Crippen LogP contribution in [0, 0.1) is 6.92 Å². The van der Waals surface area contributed by atoms with Gasteiger partial charge >= 0.3 is 0 Å². The third-order valence-electron chi connectivity index (χ3n) is 2.88. The molecule has 0 saturated carbocycles. The third kappa shape index (κ3) is 2.68. The number of amides is 1. The number of nitrogens with zero attached hydrogens (tertiary/aromatic N) is 5. The van der Waals surface area contributed by atoms with Crippen molar-refractivity contribution in [1.29, 1.82) is 0 Å². The van der Waals surface area contributed by atoms with Gasteiger partial charge in [-0.3, -0.25) is 10.1 Å². The van der Waals surface area contributed by atoms with E-state index in [1.165, 1.54) is 6.20 Å². The molecule has 2 aromatic heterocycles. The van der Waals surface area contributed by atoms with Gasteiger partial charge in [0.2, 0.25) is 0 Å². The molecule has 0 bridgehead atoms. The summed E-state index contributed by atoms with van der Waals surface area (Å²) < 4.78 is 2.63. The molecule has 1 amide bonds. The van der Waals surface area contributed by atoms with Crippen molar-refractivity contribution < 1.29 is 4.79 Å². The molecule has 8 nitrogen and oxygen atoms in total. The van der Waals surface area contributed by atoms with Crippen molar-refractivity contribution in [2.45, 2.75) is 6.92 Å². The minimum Gasteiger partial charge on any atom is -0.288 e. The molecule has 0 fully saturated rings. The number of H-pyrrole nitrogens is 1. The molecule has 21 heavy (non-hydrogen) atoms. The molecule has 0 spiro atoms. The molecule has 1 aromatic carbocycles. The van der Waals surface area contributed by atoms with Gasteiger partial charge in [0.15, 0.2) is 0 Å². The number of carbonyl (C=O) groups is 1. The summed E-state index contributed by atoms with van der Waals surface area (Å²) in [4.78, 5) is 12.1. The predicted molar refractivity (Wildman–Crippen MR) is 78.1 cm³/mol. The third-order valence-corrected chi connectivity index (χ3v) is 3.37. The highest BCUT2D eigenvalue weighted by molar-refractivity contribution is 9.10. The topological polar surface area (TPSA) is 101 Å². The van der Waals surface area contributed by atoms with Crippen molar-refractivity contribution in [3.05, 3.63) is 46.2 Å². The number of anilines is 1. The highest BCUT2D eigenvalue weighted by Gasteiger charge is 2.16. The average Bonchev–Trinajstić information content (AvgIpc) is 3.08. The summed E-state index contributed by atoms with van der Waals surface area (Å²) in [5.41, 5.74) is 2.02. The number of aromatic nitrogens is 6. The van der Waals surface area contributed by atoms with Gasteiger partial charge in [0.05, 0.1) is 23.1 Å². The van der Waals surface area contributed by atoms with Crippen molar-refractivity contribution in [1.82, 2.24) is 30.4 Å². The smallest absolute Gasteiger partial charge is 0.270 e. The Bertz CT molecular complexity index is 781. The lowest BCUT2D eigenvalue weighted by molar-refractivity contribution is 0.102. The number of halogens is 1. The molecule has 2 N–H and O–H groups in total. The number of rotatable bonds is 3. The maximum atomic E-state index is 12.1. The van der Waals surface area contributed by atoms with Crippen molar-refractivity contribution in [2.75, 3.05) is 5.32 Å². The molecule has 9 heteroatoms. The number of nitrogens with one attached hydrogen (secondary N) is 2. The molecule has 0 atom stereocenters. The van der Waals surface area contributed by atoms with E-state index in [1.807, 2.05) is 31.2 Å². The van der Waals surface area contributed by atoms with Crippen LogP contribution >= 0.6 is 15.9 Å². The van der Waals surface area contributed by atoms with Crippen LogP contribution in [0.15, 0.2) is 34.9 Å². The van der Waals surface area contributed by atoms with E-state index in [9.17, 15) is 4.79 Å². The summed E-state index contributed by atoms with van der Waals surface area (Å²) in [5, 5.41) is 19.8. The molecular weight excluding hydrogens is 338 g/mol. The normalized spacial score (nSPS) is 10.6. The first-order valence-electron chi connectivity index (χ1n) is 6.00. The summed E-state index contributed by atoms with van der Waals surface area (Å²) in [6.45, 7) is 1.82. The number of benzene rings is 1. The van der Waals surface area contributed by atoms with Crippen LogP contribution in [-0.4, -0.2) is 36.3 Å². The first-order valence-corrected chi connectivity index (χ1v) is 6.80. The summed E-state index contributed by atoms with van der Waals surface area (Å²) >= 11 is 3.41. The molecule has 2 heterocycles. The van der Waals surface area contributed by atoms with Gasteiger partial charge in [0.25, 0.3) is 11.9 Å². The Morgan fingerprint density at radius 3 is 3.00 bits per heavy atom. The van der Waals surface area contributed by atoms with E-state index < -0.39 is 0 Å². The van der Waals surface area contributed by atoms with Crippen molar-refractivity contribution in [2.24, 2.45) is 0 Å². The second-order valence-corrected chi connectivity index (χ2v) is 5.14. The van der Waals surface area contributed by atoms with E-state index >= 15 is 0 Å². The van der Waals surface area contributed by atoms with Gasteiger partial charge in [0, 0.05) is 4.47 Å². The standard InChI is InChI=1S/C12H10BrN7O/c1-7-10(11(21)15-12-16-18-19-17-12)6-14-20(7)9-4-2-3-8(13)5-9/h2-6H,1H3,(H2,15,16,17,18,19,21). The largest absolute Gasteiger partial charge is 0.288 e. The zero-order valence-corrected chi connectivity index (χ0v) is 12.5. The second-order valence-electron chi connectivity index (χ2n) is 4.22. The number of tetrazole rings is 1. The van der Waals surface area contributed by atoms with E-state index in [0.29, 0.717) is 11.3 Å². The van der Waals surface area contributed by atoms with Crippen LogP contribution in [-0.2, 0) is 0 Å². The zero-order chi connectivity index (χ0) is 14.8. The summed E-state index contributed by atoms with van der Waals surface area (Å²) in [7, 11) is 0. The van der Waals surface area contributed by atoms with E-state index in [1.54, 1.807) is 4.68 Å². The van der Waals surface area contributed by atoms with Crippen molar-refractivity contribution in [3.8, 4) is 5.69 Å². The fourth-order valence-electron chi connectivity index (χ4n) is 1.88. The summed E-state index contributed by atoms with van der Waals surface area (Å²) in [6, 6.07) is 7.65. The Balaban J connectivity index is 1.90. The maximum absolute atomic E-state index is 12.1. The Kier molecular flexibility index (Phi) is 3.48. The number of carbonyl (C=O) groups excluding carboxylic acids is 1. The average molecular weight is 348 g/mol. The van der Waals surface area contributed by atoms with Crippen LogP contribution in [0.5, 0.6) is 0 Å². The minimum atomic E-state index is -0.338. The number of hydrogen-bond acceptors (Lipinski definition) is 5. The molecule has 0 aliphatic carbocycles. The molecular formula is C12H10BrN7O. The number of aromatic amines is 1. The Morgan fingerprint density at radius 2 is 2.29 bits per heavy atom. The van der Waals surface area contributed by atoms with Crippen LogP contribution in [0.1, 0.15) is 16.1 Å².